The number of para-hydroxylation sites is 7. The maximum absolute atomic E-state index is 6.68. The second-order valence-corrected chi connectivity index (χ2v) is 17.5. The number of aromatic nitrogens is 1. The molecule has 6 aromatic carbocycles. The van der Waals surface area contributed by atoms with E-state index in [-0.39, 0.29) is 6.71 Å². The Morgan fingerprint density at radius 1 is 0.553 bits per heavy atom. The summed E-state index contributed by atoms with van der Waals surface area (Å²) in [5.41, 5.74) is 11.5. The van der Waals surface area contributed by atoms with Gasteiger partial charge in [-0.3, -0.25) is 0 Å². The highest BCUT2D eigenvalue weighted by Gasteiger charge is 2.49. The zero-order valence-electron chi connectivity index (χ0n) is 26.1. The summed E-state index contributed by atoms with van der Waals surface area (Å²) < 4.78 is 13.3. The Kier molecular flexibility index (Phi) is 4.76. The summed E-state index contributed by atoms with van der Waals surface area (Å²) in [7, 11) is -1.28. The third-order valence-electron chi connectivity index (χ3n) is 10.1. The van der Waals surface area contributed by atoms with Gasteiger partial charge in [0, 0.05) is 16.5 Å². The molecule has 7 aromatic rings. The summed E-state index contributed by atoms with van der Waals surface area (Å²) >= 11 is 0. The van der Waals surface area contributed by atoms with E-state index >= 15 is 0 Å². The summed E-state index contributed by atoms with van der Waals surface area (Å²) in [4.78, 5) is 10.4. The van der Waals surface area contributed by atoms with Crippen LogP contribution in [0.2, 0.25) is 0 Å². The Bertz CT molecular complexity index is 2550. The molecule has 0 saturated heterocycles. The van der Waals surface area contributed by atoms with Crippen LogP contribution in [0.25, 0.3) is 21.7 Å². The molecule has 5 nitrogen and oxygen atoms in total. The summed E-state index contributed by atoms with van der Waals surface area (Å²) in [5, 5.41) is 4.78. The van der Waals surface area contributed by atoms with Crippen molar-refractivity contribution < 1.29 is 9.47 Å². The highest BCUT2D eigenvalue weighted by Crippen LogP contribution is 2.60. The van der Waals surface area contributed by atoms with Crippen LogP contribution in [-0.2, 0) is 0 Å². The first kappa shape index (κ1) is 25.8. The van der Waals surface area contributed by atoms with Gasteiger partial charge >= 0.3 is 0 Å². The van der Waals surface area contributed by atoms with Gasteiger partial charge in [0.15, 0.2) is 23.0 Å². The van der Waals surface area contributed by atoms with Crippen LogP contribution < -0.4 is 35.7 Å². The van der Waals surface area contributed by atoms with Crippen LogP contribution in [-0.4, -0.2) is 30.5 Å². The lowest BCUT2D eigenvalue weighted by Crippen LogP contribution is -2.62. The van der Waals surface area contributed by atoms with Crippen molar-refractivity contribution >= 4 is 88.9 Å². The summed E-state index contributed by atoms with van der Waals surface area (Å²) in [5.74, 6) is 3.47. The molecule has 0 bridgehead atoms. The quantitative estimate of drug-likeness (QED) is 0.135. The molecule has 7 heteroatoms. The van der Waals surface area contributed by atoms with Gasteiger partial charge in [-0.25, -0.2) is 15.0 Å². The molecule has 11 rings (SSSR count). The SMILES string of the molecule is CS(C)(C)c1nc2ccccc2c2cc3c4c(c12)N1c2ccccc2Oc2cccc(c21)B4c1cccc2c1N3c1ccccc1O2. The molecule has 0 aliphatic carbocycles. The van der Waals surface area contributed by atoms with Crippen LogP contribution in [0.4, 0.5) is 34.1 Å². The maximum atomic E-state index is 6.68. The Labute approximate surface area is 274 Å². The minimum atomic E-state index is -1.28. The summed E-state index contributed by atoms with van der Waals surface area (Å²) in [6.07, 6.45) is 7.09. The fourth-order valence-corrected chi connectivity index (χ4v) is 9.48. The standard InChI is InChI=1S/C40H28BN3O2S/c1-47(2,3)40-35-24(23-12-4-5-15-27(23)42-40)22-30-36-39(35)44-29-17-7-9-19-32(29)46-34-21-11-14-26(38(34)44)41(36)25-13-10-20-33-37(25)43(30)28-16-6-8-18-31(28)45-33/h4-22H,1-3H3. The van der Waals surface area contributed by atoms with Gasteiger partial charge in [-0.1, -0.05) is 66.7 Å². The van der Waals surface area contributed by atoms with Gasteiger partial charge in [0.1, 0.15) is 0 Å². The molecule has 1 aromatic heterocycles. The molecule has 0 saturated carbocycles. The first-order valence-corrected chi connectivity index (χ1v) is 18.8. The van der Waals surface area contributed by atoms with E-state index in [0.29, 0.717) is 0 Å². The molecule has 0 fully saturated rings. The van der Waals surface area contributed by atoms with E-state index in [0.717, 1.165) is 56.7 Å². The van der Waals surface area contributed by atoms with Gasteiger partial charge in [-0.05, 0) is 89.1 Å². The van der Waals surface area contributed by atoms with Gasteiger partial charge in [-0.2, -0.15) is 0 Å². The van der Waals surface area contributed by atoms with Gasteiger partial charge in [0.2, 0.25) is 0 Å². The molecule has 0 amide bonds. The lowest BCUT2D eigenvalue weighted by atomic mass is 9.33. The molecule has 4 aliphatic heterocycles. The Morgan fingerprint density at radius 3 is 1.81 bits per heavy atom. The van der Waals surface area contributed by atoms with Crippen molar-refractivity contribution in [1.29, 1.82) is 0 Å². The third-order valence-corrected chi connectivity index (χ3v) is 11.5. The van der Waals surface area contributed by atoms with Crippen LogP contribution in [0.5, 0.6) is 23.0 Å². The number of rotatable bonds is 1. The largest absolute Gasteiger partial charge is 0.453 e. The molecule has 0 N–H and O–H groups in total. The zero-order valence-corrected chi connectivity index (χ0v) is 26.9. The van der Waals surface area contributed by atoms with Gasteiger partial charge in [0.25, 0.3) is 6.71 Å². The molecule has 4 aliphatic rings. The van der Waals surface area contributed by atoms with Crippen LogP contribution in [0.3, 0.4) is 0 Å². The molecule has 0 spiro atoms. The number of fused-ring (bicyclic) bond motifs is 12. The minimum Gasteiger partial charge on any atom is -0.453 e. The lowest BCUT2D eigenvalue weighted by Gasteiger charge is -2.48. The topological polar surface area (TPSA) is 37.8 Å². The van der Waals surface area contributed by atoms with E-state index in [1.807, 2.05) is 0 Å². The average molecular weight is 626 g/mol. The lowest BCUT2D eigenvalue weighted by molar-refractivity contribution is 0.477. The predicted octanol–water partition coefficient (Wildman–Crippen LogP) is 8.73. The number of anilines is 6. The Hall–Kier alpha value is -5.40. The fourth-order valence-electron chi connectivity index (χ4n) is 8.29. The van der Waals surface area contributed by atoms with Crippen molar-refractivity contribution in [1.82, 2.24) is 4.98 Å². The van der Waals surface area contributed by atoms with Crippen molar-refractivity contribution in [2.45, 2.75) is 5.03 Å². The molecule has 0 atom stereocenters. The number of ether oxygens (including phenoxy) is 2. The Balaban J connectivity index is 1.41. The molecule has 0 radical (unpaired) electrons. The van der Waals surface area contributed by atoms with E-state index in [4.69, 9.17) is 14.5 Å². The van der Waals surface area contributed by atoms with Crippen LogP contribution in [0.1, 0.15) is 0 Å². The number of hydrogen-bond donors (Lipinski definition) is 0. The second-order valence-electron chi connectivity index (χ2n) is 13.5. The van der Waals surface area contributed by atoms with Crippen LogP contribution >= 0.6 is 10.0 Å². The Morgan fingerprint density at radius 2 is 1.13 bits per heavy atom. The number of hydrogen-bond acceptors (Lipinski definition) is 5. The monoisotopic (exact) mass is 625 g/mol. The summed E-state index contributed by atoms with van der Waals surface area (Å²) in [6.45, 7) is -0.0289. The third kappa shape index (κ3) is 3.20. The van der Waals surface area contributed by atoms with Gasteiger partial charge in [0.05, 0.1) is 39.0 Å². The van der Waals surface area contributed by atoms with Crippen molar-refractivity contribution in [3.63, 3.8) is 0 Å². The first-order chi connectivity index (χ1) is 23.0. The zero-order chi connectivity index (χ0) is 31.2. The van der Waals surface area contributed by atoms with Gasteiger partial charge in [-0.15, -0.1) is 0 Å². The number of nitrogens with zero attached hydrogens (tertiary/aromatic N) is 3. The van der Waals surface area contributed by atoms with Crippen molar-refractivity contribution in [2.24, 2.45) is 0 Å². The highest BCUT2D eigenvalue weighted by atomic mass is 32.3. The fraction of sp³-hybridized carbons (Fsp3) is 0.0750. The van der Waals surface area contributed by atoms with Crippen LogP contribution in [0, 0.1) is 0 Å². The van der Waals surface area contributed by atoms with Crippen LogP contribution in [0.15, 0.2) is 120 Å². The smallest absolute Gasteiger partial charge is 0.252 e. The van der Waals surface area contributed by atoms with Crippen molar-refractivity contribution in [3.8, 4) is 23.0 Å². The molecular formula is C40H28BN3O2S. The molecule has 47 heavy (non-hydrogen) atoms. The molecule has 224 valence electrons. The van der Waals surface area contributed by atoms with E-state index in [1.54, 1.807) is 0 Å². The van der Waals surface area contributed by atoms with Crippen molar-refractivity contribution in [2.75, 3.05) is 28.6 Å². The summed E-state index contributed by atoms with van der Waals surface area (Å²) in [6, 6.07) is 41.0. The number of benzene rings is 6. The van der Waals surface area contributed by atoms with E-state index < -0.39 is 10.0 Å². The van der Waals surface area contributed by atoms with E-state index in [9.17, 15) is 0 Å². The number of pyridine rings is 1. The van der Waals surface area contributed by atoms with E-state index in [1.165, 1.54) is 43.6 Å². The maximum Gasteiger partial charge on any atom is 0.252 e. The highest BCUT2D eigenvalue weighted by molar-refractivity contribution is 8.32. The predicted molar refractivity (Wildman–Crippen MR) is 197 cm³/mol. The second kappa shape index (κ2) is 8.69. The average Bonchev–Trinajstić information content (AvgIpc) is 3.09. The van der Waals surface area contributed by atoms with E-state index in [2.05, 4.69) is 144 Å². The van der Waals surface area contributed by atoms with Gasteiger partial charge < -0.3 is 19.3 Å². The van der Waals surface area contributed by atoms with Crippen molar-refractivity contribution in [3.05, 3.63) is 115 Å². The molecule has 0 unspecified atom stereocenters. The molecule has 5 heterocycles. The normalized spacial score (nSPS) is 14.8. The first-order valence-electron chi connectivity index (χ1n) is 15.9. The minimum absolute atomic E-state index is 0.0289. The molecular weight excluding hydrogens is 597 g/mol.